The molecule has 0 spiro atoms. The van der Waals surface area contributed by atoms with E-state index < -0.39 is 11.8 Å². The highest BCUT2D eigenvalue weighted by atomic mass is 19.1. The molecule has 0 radical (unpaired) electrons. The third-order valence-corrected chi connectivity index (χ3v) is 3.18. The van der Waals surface area contributed by atoms with Gasteiger partial charge in [0, 0.05) is 19.0 Å². The Labute approximate surface area is 116 Å². The van der Waals surface area contributed by atoms with Gasteiger partial charge in [-0.15, -0.1) is 0 Å². The van der Waals surface area contributed by atoms with E-state index >= 15 is 0 Å². The van der Waals surface area contributed by atoms with Crippen molar-refractivity contribution in [3.05, 3.63) is 30.1 Å². The number of carbonyl (C=O) groups is 2. The smallest absolute Gasteiger partial charge is 0.303 e. The molecule has 0 unspecified atom stereocenters. The van der Waals surface area contributed by atoms with Crippen LogP contribution in [0.5, 0.6) is 5.75 Å². The van der Waals surface area contributed by atoms with Crippen molar-refractivity contribution in [1.29, 1.82) is 0 Å². The van der Waals surface area contributed by atoms with Gasteiger partial charge in [-0.1, -0.05) is 12.1 Å². The molecule has 1 aromatic carbocycles. The van der Waals surface area contributed by atoms with Gasteiger partial charge in [0.05, 0.1) is 19.4 Å². The van der Waals surface area contributed by atoms with Crippen LogP contribution in [0, 0.1) is 11.7 Å². The van der Waals surface area contributed by atoms with Gasteiger partial charge in [-0.2, -0.15) is 0 Å². The largest absolute Gasteiger partial charge is 0.490 e. The van der Waals surface area contributed by atoms with Crippen LogP contribution in [-0.2, 0) is 9.59 Å². The lowest BCUT2D eigenvalue weighted by molar-refractivity contribution is -0.145. The highest BCUT2D eigenvalue weighted by molar-refractivity contribution is 5.77. The lowest BCUT2D eigenvalue weighted by Gasteiger charge is -2.38. The molecule has 1 N–H and O–H groups in total. The van der Waals surface area contributed by atoms with Crippen molar-refractivity contribution in [2.75, 3.05) is 19.7 Å². The van der Waals surface area contributed by atoms with Crippen molar-refractivity contribution in [3.8, 4) is 5.75 Å². The first kappa shape index (κ1) is 14.3. The van der Waals surface area contributed by atoms with Crippen molar-refractivity contribution in [2.24, 2.45) is 5.92 Å². The number of carboxylic acids is 1. The Bertz CT molecular complexity index is 500. The Hall–Kier alpha value is -2.11. The molecule has 0 saturated carbocycles. The molecule has 1 aromatic rings. The highest BCUT2D eigenvalue weighted by Crippen LogP contribution is 2.20. The maximum absolute atomic E-state index is 13.2. The fourth-order valence-electron chi connectivity index (χ4n) is 2.12. The predicted octanol–water partition coefficient (Wildman–Crippen LogP) is 1.53. The van der Waals surface area contributed by atoms with E-state index in [0.717, 1.165) is 0 Å². The highest BCUT2D eigenvalue weighted by Gasteiger charge is 2.31. The molecule has 6 heteroatoms. The second-order valence-corrected chi connectivity index (χ2v) is 4.79. The molecule has 108 valence electrons. The van der Waals surface area contributed by atoms with Crippen molar-refractivity contribution in [1.82, 2.24) is 4.90 Å². The normalized spacial score (nSPS) is 14.8. The van der Waals surface area contributed by atoms with Crippen LogP contribution in [0.3, 0.4) is 0 Å². The fraction of sp³-hybridized carbons (Fsp3) is 0.429. The Morgan fingerprint density at radius 1 is 1.35 bits per heavy atom. The summed E-state index contributed by atoms with van der Waals surface area (Å²) in [7, 11) is 0. The number of amides is 1. The zero-order valence-corrected chi connectivity index (χ0v) is 10.9. The molecule has 0 bridgehead atoms. The zero-order chi connectivity index (χ0) is 14.5. The monoisotopic (exact) mass is 281 g/mol. The molecule has 1 saturated heterocycles. The quantitative estimate of drug-likeness (QED) is 0.858. The summed E-state index contributed by atoms with van der Waals surface area (Å²) in [6.45, 7) is 1.07. The molecule has 5 nitrogen and oxygen atoms in total. The standard InChI is InChI=1S/C14H16FNO4/c15-11-3-1-2-4-12(11)20-6-5-13(17)16-8-10(9-16)7-14(18)19/h1-4,10H,5-9H2,(H,18,19). The van der Waals surface area contributed by atoms with Gasteiger partial charge in [0.25, 0.3) is 0 Å². The first-order valence-corrected chi connectivity index (χ1v) is 6.43. The van der Waals surface area contributed by atoms with Crippen LogP contribution in [0.4, 0.5) is 4.39 Å². The number of benzene rings is 1. The third kappa shape index (κ3) is 3.69. The number of ether oxygens (including phenoxy) is 1. The van der Waals surface area contributed by atoms with Crippen LogP contribution in [0.25, 0.3) is 0 Å². The van der Waals surface area contributed by atoms with Crippen LogP contribution in [-0.4, -0.2) is 41.6 Å². The van der Waals surface area contributed by atoms with E-state index in [1.54, 1.807) is 17.0 Å². The molecular formula is C14H16FNO4. The minimum Gasteiger partial charge on any atom is -0.490 e. The Morgan fingerprint density at radius 2 is 2.05 bits per heavy atom. The van der Waals surface area contributed by atoms with Crippen LogP contribution >= 0.6 is 0 Å². The maximum atomic E-state index is 13.2. The Balaban J connectivity index is 1.67. The van der Waals surface area contributed by atoms with Crippen molar-refractivity contribution in [3.63, 3.8) is 0 Å². The van der Waals surface area contributed by atoms with E-state index in [4.69, 9.17) is 9.84 Å². The molecule has 0 aromatic heterocycles. The summed E-state index contributed by atoms with van der Waals surface area (Å²) in [5.74, 6) is -1.21. The van der Waals surface area contributed by atoms with E-state index in [0.29, 0.717) is 13.1 Å². The predicted molar refractivity (Wildman–Crippen MR) is 68.8 cm³/mol. The lowest BCUT2D eigenvalue weighted by atomic mass is 9.96. The first-order chi connectivity index (χ1) is 9.56. The molecule has 1 amide bonds. The summed E-state index contributed by atoms with van der Waals surface area (Å²) in [6.07, 6.45) is 0.254. The average molecular weight is 281 g/mol. The van der Waals surface area contributed by atoms with Gasteiger partial charge in [-0.3, -0.25) is 9.59 Å². The number of likely N-dealkylation sites (tertiary alicyclic amines) is 1. The number of rotatable bonds is 6. The number of aliphatic carboxylic acids is 1. The minimum atomic E-state index is -0.843. The van der Waals surface area contributed by atoms with Crippen LogP contribution < -0.4 is 4.74 Å². The van der Waals surface area contributed by atoms with Gasteiger partial charge in [0.15, 0.2) is 11.6 Å². The summed E-state index contributed by atoms with van der Waals surface area (Å²) in [5.41, 5.74) is 0. The van der Waals surface area contributed by atoms with Crippen molar-refractivity contribution in [2.45, 2.75) is 12.8 Å². The van der Waals surface area contributed by atoms with Crippen LogP contribution in [0.1, 0.15) is 12.8 Å². The molecular weight excluding hydrogens is 265 g/mol. The van der Waals surface area contributed by atoms with E-state index in [2.05, 4.69) is 0 Å². The Morgan fingerprint density at radius 3 is 2.70 bits per heavy atom. The first-order valence-electron chi connectivity index (χ1n) is 6.43. The second-order valence-electron chi connectivity index (χ2n) is 4.79. The van der Waals surface area contributed by atoms with Crippen molar-refractivity contribution >= 4 is 11.9 Å². The molecule has 20 heavy (non-hydrogen) atoms. The Kier molecular flexibility index (Phi) is 4.55. The minimum absolute atomic E-state index is 0.0453. The molecule has 1 aliphatic rings. The molecule has 1 fully saturated rings. The molecule has 1 heterocycles. The van der Waals surface area contributed by atoms with Crippen molar-refractivity contribution < 1.29 is 23.8 Å². The van der Waals surface area contributed by atoms with E-state index in [9.17, 15) is 14.0 Å². The molecule has 0 aliphatic carbocycles. The van der Waals surface area contributed by atoms with E-state index in [-0.39, 0.29) is 37.0 Å². The number of carboxylic acid groups (broad SMARTS) is 1. The zero-order valence-electron chi connectivity index (χ0n) is 10.9. The number of hydrogen-bond acceptors (Lipinski definition) is 3. The summed E-state index contributed by atoms with van der Waals surface area (Å²) < 4.78 is 18.4. The molecule has 0 atom stereocenters. The second kappa shape index (κ2) is 6.36. The van der Waals surface area contributed by atoms with Gasteiger partial charge >= 0.3 is 5.97 Å². The number of carbonyl (C=O) groups excluding carboxylic acids is 1. The van der Waals surface area contributed by atoms with Crippen LogP contribution in [0.15, 0.2) is 24.3 Å². The molecule has 1 aliphatic heterocycles. The number of halogens is 1. The third-order valence-electron chi connectivity index (χ3n) is 3.18. The van der Waals surface area contributed by atoms with Gasteiger partial charge < -0.3 is 14.7 Å². The number of para-hydroxylation sites is 1. The lowest BCUT2D eigenvalue weighted by Crippen LogP contribution is -2.50. The summed E-state index contributed by atoms with van der Waals surface area (Å²) in [5, 5.41) is 8.61. The van der Waals surface area contributed by atoms with Gasteiger partial charge in [-0.05, 0) is 12.1 Å². The number of nitrogens with zero attached hydrogens (tertiary/aromatic N) is 1. The summed E-state index contributed by atoms with van der Waals surface area (Å²) >= 11 is 0. The SMILES string of the molecule is O=C(O)CC1CN(C(=O)CCOc2ccccc2F)C1. The van der Waals surface area contributed by atoms with Gasteiger partial charge in [0.2, 0.25) is 5.91 Å². The fourth-order valence-corrected chi connectivity index (χ4v) is 2.12. The van der Waals surface area contributed by atoms with Gasteiger partial charge in [0.1, 0.15) is 0 Å². The molecule has 2 rings (SSSR count). The maximum Gasteiger partial charge on any atom is 0.303 e. The summed E-state index contributed by atoms with van der Waals surface area (Å²) in [6, 6.07) is 6.03. The topological polar surface area (TPSA) is 66.8 Å². The van der Waals surface area contributed by atoms with Crippen LogP contribution in [0.2, 0.25) is 0 Å². The number of hydrogen-bond donors (Lipinski definition) is 1. The average Bonchev–Trinajstić information content (AvgIpc) is 2.35. The summed E-state index contributed by atoms with van der Waals surface area (Å²) in [4.78, 5) is 23.8. The van der Waals surface area contributed by atoms with E-state index in [1.165, 1.54) is 12.1 Å². The van der Waals surface area contributed by atoms with E-state index in [1.807, 2.05) is 0 Å². The van der Waals surface area contributed by atoms with Gasteiger partial charge in [-0.25, -0.2) is 4.39 Å².